The smallest absolute Gasteiger partial charge is 0.130 e. The minimum absolute atomic E-state index is 0.183. The minimum atomic E-state index is 0.183. The van der Waals surface area contributed by atoms with E-state index in [0.717, 1.165) is 29.9 Å². The Labute approximate surface area is 121 Å². The number of benzene rings is 2. The SMILES string of the molecule is CCc1ccc(Oc2ccc(CC(C)N)cc2C)cc1. The van der Waals surface area contributed by atoms with Crippen molar-refractivity contribution in [2.75, 3.05) is 0 Å². The fourth-order valence-electron chi connectivity index (χ4n) is 2.24. The first-order valence-corrected chi connectivity index (χ1v) is 7.20. The third kappa shape index (κ3) is 3.84. The summed E-state index contributed by atoms with van der Waals surface area (Å²) in [5, 5.41) is 0. The van der Waals surface area contributed by atoms with Crippen molar-refractivity contribution in [2.45, 2.75) is 39.7 Å². The summed E-state index contributed by atoms with van der Waals surface area (Å²) in [7, 11) is 0. The molecule has 0 fully saturated rings. The van der Waals surface area contributed by atoms with Gasteiger partial charge in [-0.3, -0.25) is 0 Å². The molecule has 0 aliphatic heterocycles. The summed E-state index contributed by atoms with van der Waals surface area (Å²) in [4.78, 5) is 0. The van der Waals surface area contributed by atoms with Gasteiger partial charge in [0.05, 0.1) is 0 Å². The van der Waals surface area contributed by atoms with Gasteiger partial charge >= 0.3 is 0 Å². The lowest BCUT2D eigenvalue weighted by Gasteiger charge is -2.12. The van der Waals surface area contributed by atoms with Crippen LogP contribution in [-0.4, -0.2) is 6.04 Å². The molecule has 2 rings (SSSR count). The Morgan fingerprint density at radius 2 is 1.70 bits per heavy atom. The van der Waals surface area contributed by atoms with Crippen LogP contribution in [0, 0.1) is 6.92 Å². The lowest BCUT2D eigenvalue weighted by molar-refractivity contribution is 0.478. The molecule has 0 heterocycles. The Morgan fingerprint density at radius 1 is 1.05 bits per heavy atom. The van der Waals surface area contributed by atoms with Crippen LogP contribution in [-0.2, 0) is 12.8 Å². The molecule has 2 nitrogen and oxygen atoms in total. The molecule has 1 atom stereocenters. The van der Waals surface area contributed by atoms with E-state index in [0.29, 0.717) is 0 Å². The topological polar surface area (TPSA) is 35.2 Å². The molecule has 0 aliphatic carbocycles. The molecule has 0 bridgehead atoms. The molecule has 2 aromatic carbocycles. The molecule has 0 aliphatic rings. The number of hydrogen-bond acceptors (Lipinski definition) is 2. The third-order valence-electron chi connectivity index (χ3n) is 3.36. The van der Waals surface area contributed by atoms with Crippen LogP contribution in [0.4, 0.5) is 0 Å². The number of rotatable bonds is 5. The van der Waals surface area contributed by atoms with E-state index in [-0.39, 0.29) is 6.04 Å². The van der Waals surface area contributed by atoms with Gasteiger partial charge in [0.15, 0.2) is 0 Å². The maximum Gasteiger partial charge on any atom is 0.130 e. The van der Waals surface area contributed by atoms with Gasteiger partial charge in [0.25, 0.3) is 0 Å². The zero-order valence-corrected chi connectivity index (χ0v) is 12.5. The molecule has 1 unspecified atom stereocenters. The molecular weight excluding hydrogens is 246 g/mol. The summed E-state index contributed by atoms with van der Waals surface area (Å²) < 4.78 is 5.94. The average Bonchev–Trinajstić information content (AvgIpc) is 2.42. The highest BCUT2D eigenvalue weighted by Gasteiger charge is 2.04. The van der Waals surface area contributed by atoms with Crippen molar-refractivity contribution < 1.29 is 4.74 Å². The maximum absolute atomic E-state index is 5.94. The molecule has 0 spiro atoms. The first-order valence-electron chi connectivity index (χ1n) is 7.20. The molecule has 0 aromatic heterocycles. The molecule has 0 amide bonds. The Kier molecular flexibility index (Phi) is 4.80. The van der Waals surface area contributed by atoms with E-state index in [1.165, 1.54) is 11.1 Å². The first-order chi connectivity index (χ1) is 9.58. The molecule has 0 saturated carbocycles. The van der Waals surface area contributed by atoms with Crippen molar-refractivity contribution in [2.24, 2.45) is 5.73 Å². The second-order valence-electron chi connectivity index (χ2n) is 5.38. The maximum atomic E-state index is 5.94. The van der Waals surface area contributed by atoms with Crippen molar-refractivity contribution in [1.29, 1.82) is 0 Å². The minimum Gasteiger partial charge on any atom is -0.457 e. The van der Waals surface area contributed by atoms with Gasteiger partial charge < -0.3 is 10.5 Å². The van der Waals surface area contributed by atoms with Crippen LogP contribution in [0.5, 0.6) is 11.5 Å². The standard InChI is InChI=1S/C18H23NO/c1-4-15-5-8-17(9-6-15)20-18-10-7-16(11-13(18)2)12-14(3)19/h5-11,14H,4,12,19H2,1-3H3. The van der Waals surface area contributed by atoms with E-state index in [4.69, 9.17) is 10.5 Å². The summed E-state index contributed by atoms with van der Waals surface area (Å²) in [6.45, 7) is 6.24. The third-order valence-corrected chi connectivity index (χ3v) is 3.36. The highest BCUT2D eigenvalue weighted by atomic mass is 16.5. The molecule has 2 aromatic rings. The van der Waals surface area contributed by atoms with Gasteiger partial charge in [-0.15, -0.1) is 0 Å². The normalized spacial score (nSPS) is 12.2. The average molecular weight is 269 g/mol. The fraction of sp³-hybridized carbons (Fsp3) is 0.333. The number of aryl methyl sites for hydroxylation is 2. The lowest BCUT2D eigenvalue weighted by Crippen LogP contribution is -2.17. The van der Waals surface area contributed by atoms with Gasteiger partial charge in [0.1, 0.15) is 11.5 Å². The Bertz CT molecular complexity index is 558. The Hall–Kier alpha value is -1.80. The van der Waals surface area contributed by atoms with Crippen molar-refractivity contribution in [1.82, 2.24) is 0 Å². The molecule has 0 radical (unpaired) electrons. The van der Waals surface area contributed by atoms with Gasteiger partial charge in [0, 0.05) is 6.04 Å². The fourth-order valence-corrected chi connectivity index (χ4v) is 2.24. The number of ether oxygens (including phenoxy) is 1. The van der Waals surface area contributed by atoms with E-state index in [9.17, 15) is 0 Å². The second kappa shape index (κ2) is 6.58. The van der Waals surface area contributed by atoms with Crippen molar-refractivity contribution in [3.63, 3.8) is 0 Å². The number of nitrogens with two attached hydrogens (primary N) is 1. The molecule has 20 heavy (non-hydrogen) atoms. The first kappa shape index (κ1) is 14.6. The van der Waals surface area contributed by atoms with E-state index in [1.54, 1.807) is 0 Å². The summed E-state index contributed by atoms with van der Waals surface area (Å²) in [5.41, 5.74) is 9.55. The lowest BCUT2D eigenvalue weighted by atomic mass is 10.0. The van der Waals surface area contributed by atoms with E-state index in [1.807, 2.05) is 25.1 Å². The zero-order chi connectivity index (χ0) is 14.5. The van der Waals surface area contributed by atoms with Crippen LogP contribution >= 0.6 is 0 Å². The summed E-state index contributed by atoms with van der Waals surface area (Å²) >= 11 is 0. The van der Waals surface area contributed by atoms with Crippen LogP contribution in [0.15, 0.2) is 42.5 Å². The number of hydrogen-bond donors (Lipinski definition) is 1. The Balaban J connectivity index is 2.12. The molecular formula is C18H23NO. The molecule has 106 valence electrons. The van der Waals surface area contributed by atoms with Gasteiger partial charge in [0.2, 0.25) is 0 Å². The predicted molar refractivity (Wildman–Crippen MR) is 84.4 cm³/mol. The summed E-state index contributed by atoms with van der Waals surface area (Å²) in [6, 6.07) is 14.7. The largest absolute Gasteiger partial charge is 0.457 e. The van der Waals surface area contributed by atoms with Gasteiger partial charge in [-0.2, -0.15) is 0 Å². The van der Waals surface area contributed by atoms with Crippen LogP contribution < -0.4 is 10.5 Å². The summed E-state index contributed by atoms with van der Waals surface area (Å²) in [6.07, 6.45) is 1.94. The van der Waals surface area contributed by atoms with E-state index >= 15 is 0 Å². The monoisotopic (exact) mass is 269 g/mol. The Morgan fingerprint density at radius 3 is 2.25 bits per heavy atom. The van der Waals surface area contributed by atoms with Crippen molar-refractivity contribution in [3.05, 3.63) is 59.2 Å². The van der Waals surface area contributed by atoms with E-state index in [2.05, 4.69) is 38.1 Å². The van der Waals surface area contributed by atoms with Crippen LogP contribution in [0.2, 0.25) is 0 Å². The van der Waals surface area contributed by atoms with Gasteiger partial charge in [-0.05, 0) is 61.6 Å². The molecule has 0 saturated heterocycles. The van der Waals surface area contributed by atoms with E-state index < -0.39 is 0 Å². The van der Waals surface area contributed by atoms with Crippen molar-refractivity contribution in [3.8, 4) is 11.5 Å². The van der Waals surface area contributed by atoms with Crippen LogP contribution in [0.1, 0.15) is 30.5 Å². The molecule has 2 heteroatoms. The van der Waals surface area contributed by atoms with Gasteiger partial charge in [-0.1, -0.05) is 31.2 Å². The summed E-state index contributed by atoms with van der Waals surface area (Å²) in [5.74, 6) is 1.79. The second-order valence-corrected chi connectivity index (χ2v) is 5.38. The molecule has 2 N–H and O–H groups in total. The predicted octanol–water partition coefficient (Wildman–Crippen LogP) is 4.24. The van der Waals surface area contributed by atoms with Crippen LogP contribution in [0.25, 0.3) is 0 Å². The zero-order valence-electron chi connectivity index (χ0n) is 12.5. The van der Waals surface area contributed by atoms with Gasteiger partial charge in [-0.25, -0.2) is 0 Å². The highest BCUT2D eigenvalue weighted by molar-refractivity contribution is 5.40. The van der Waals surface area contributed by atoms with Crippen molar-refractivity contribution >= 4 is 0 Å². The quantitative estimate of drug-likeness (QED) is 0.881. The highest BCUT2D eigenvalue weighted by Crippen LogP contribution is 2.26. The van der Waals surface area contributed by atoms with Crippen LogP contribution in [0.3, 0.4) is 0 Å².